The van der Waals surface area contributed by atoms with E-state index in [9.17, 15) is 13.2 Å². The SMILES string of the molecule is Cc1ccc(S(=O)(=O)N2CCC(C(=O)OCc3ccc(OCc4ccccn4)cc3)CC2)cc1. The lowest BCUT2D eigenvalue weighted by molar-refractivity contribution is -0.151. The second-order valence-electron chi connectivity index (χ2n) is 8.35. The molecule has 4 rings (SSSR count). The molecule has 1 aliphatic rings. The van der Waals surface area contributed by atoms with Gasteiger partial charge in [0.05, 0.1) is 16.5 Å². The number of benzene rings is 2. The van der Waals surface area contributed by atoms with Gasteiger partial charge < -0.3 is 9.47 Å². The van der Waals surface area contributed by atoms with Gasteiger partial charge in [-0.2, -0.15) is 4.31 Å². The van der Waals surface area contributed by atoms with Crippen molar-refractivity contribution in [2.75, 3.05) is 13.1 Å². The highest BCUT2D eigenvalue weighted by Gasteiger charge is 2.32. The quantitative estimate of drug-likeness (QED) is 0.451. The summed E-state index contributed by atoms with van der Waals surface area (Å²) in [6.45, 7) is 3.07. The molecule has 0 aliphatic carbocycles. The lowest BCUT2D eigenvalue weighted by atomic mass is 9.98. The number of pyridine rings is 1. The minimum Gasteiger partial charge on any atom is -0.487 e. The van der Waals surface area contributed by atoms with Crippen LogP contribution in [0, 0.1) is 12.8 Å². The predicted molar refractivity (Wildman–Crippen MR) is 127 cm³/mol. The van der Waals surface area contributed by atoms with Crippen LogP contribution < -0.4 is 4.74 Å². The molecule has 1 aliphatic heterocycles. The van der Waals surface area contributed by atoms with Crippen LogP contribution in [0.5, 0.6) is 5.75 Å². The molecule has 7 nitrogen and oxygen atoms in total. The van der Waals surface area contributed by atoms with Crippen molar-refractivity contribution in [2.24, 2.45) is 5.92 Å². The van der Waals surface area contributed by atoms with E-state index in [1.54, 1.807) is 30.5 Å². The van der Waals surface area contributed by atoms with E-state index in [0.717, 1.165) is 16.8 Å². The van der Waals surface area contributed by atoms with E-state index in [-0.39, 0.29) is 23.4 Å². The number of esters is 1. The molecule has 178 valence electrons. The summed E-state index contributed by atoms with van der Waals surface area (Å²) in [6.07, 6.45) is 2.62. The van der Waals surface area contributed by atoms with Crippen LogP contribution in [0.3, 0.4) is 0 Å². The van der Waals surface area contributed by atoms with E-state index < -0.39 is 10.0 Å². The number of carbonyl (C=O) groups excluding carboxylic acids is 1. The van der Waals surface area contributed by atoms with Crippen LogP contribution in [0.25, 0.3) is 0 Å². The van der Waals surface area contributed by atoms with Gasteiger partial charge >= 0.3 is 5.97 Å². The molecule has 2 heterocycles. The average Bonchev–Trinajstić information content (AvgIpc) is 2.87. The molecule has 1 aromatic heterocycles. The first-order valence-electron chi connectivity index (χ1n) is 11.3. The van der Waals surface area contributed by atoms with Crippen molar-refractivity contribution in [3.8, 4) is 5.75 Å². The zero-order chi connectivity index (χ0) is 24.0. The van der Waals surface area contributed by atoms with Crippen LogP contribution in [-0.2, 0) is 32.8 Å². The zero-order valence-electron chi connectivity index (χ0n) is 19.1. The highest BCUT2D eigenvalue weighted by atomic mass is 32.2. The Bertz CT molecular complexity index is 1190. The van der Waals surface area contributed by atoms with Crippen molar-refractivity contribution in [3.05, 3.63) is 89.7 Å². The molecule has 34 heavy (non-hydrogen) atoms. The summed E-state index contributed by atoms with van der Waals surface area (Å²) >= 11 is 0. The lowest BCUT2D eigenvalue weighted by Crippen LogP contribution is -2.40. The molecule has 0 N–H and O–H groups in total. The van der Waals surface area contributed by atoms with Crippen LogP contribution in [-0.4, -0.2) is 36.8 Å². The van der Waals surface area contributed by atoms with Crippen LogP contribution in [0.1, 0.15) is 29.7 Å². The summed E-state index contributed by atoms with van der Waals surface area (Å²) < 4.78 is 38.3. The Kier molecular flexibility index (Phi) is 7.59. The largest absolute Gasteiger partial charge is 0.487 e. The van der Waals surface area contributed by atoms with Gasteiger partial charge in [0.25, 0.3) is 0 Å². The van der Waals surface area contributed by atoms with Gasteiger partial charge in [0, 0.05) is 19.3 Å². The first-order chi connectivity index (χ1) is 16.4. The van der Waals surface area contributed by atoms with E-state index in [1.165, 1.54) is 4.31 Å². The van der Waals surface area contributed by atoms with Crippen molar-refractivity contribution in [3.63, 3.8) is 0 Å². The van der Waals surface area contributed by atoms with E-state index >= 15 is 0 Å². The highest BCUT2D eigenvalue weighted by Crippen LogP contribution is 2.25. The number of nitrogens with zero attached hydrogens (tertiary/aromatic N) is 2. The third kappa shape index (κ3) is 6.01. The number of hydrogen-bond acceptors (Lipinski definition) is 6. The molecule has 1 fully saturated rings. The Balaban J connectivity index is 1.23. The molecule has 2 aromatic carbocycles. The molecule has 0 bridgehead atoms. The maximum atomic E-state index is 12.8. The Hall–Kier alpha value is -3.23. The number of piperidine rings is 1. The van der Waals surface area contributed by atoms with Gasteiger partial charge in [-0.25, -0.2) is 8.42 Å². The van der Waals surface area contributed by atoms with Gasteiger partial charge in [0.1, 0.15) is 19.0 Å². The molecule has 0 unspecified atom stereocenters. The van der Waals surface area contributed by atoms with Crippen LogP contribution in [0.15, 0.2) is 77.8 Å². The molecule has 1 saturated heterocycles. The number of ether oxygens (including phenoxy) is 2. The Morgan fingerprint density at radius 2 is 1.68 bits per heavy atom. The number of aromatic nitrogens is 1. The second kappa shape index (κ2) is 10.8. The number of sulfonamides is 1. The minimum absolute atomic E-state index is 0.168. The highest BCUT2D eigenvalue weighted by molar-refractivity contribution is 7.89. The molecule has 0 radical (unpaired) electrons. The van der Waals surface area contributed by atoms with E-state index in [0.29, 0.717) is 38.3 Å². The fraction of sp³-hybridized carbons (Fsp3) is 0.308. The van der Waals surface area contributed by atoms with Crippen molar-refractivity contribution in [1.82, 2.24) is 9.29 Å². The third-order valence-electron chi connectivity index (χ3n) is 5.86. The summed E-state index contributed by atoms with van der Waals surface area (Å²) in [5.74, 6) is 0.121. The Morgan fingerprint density at radius 3 is 2.32 bits per heavy atom. The smallest absolute Gasteiger partial charge is 0.309 e. The fourth-order valence-electron chi connectivity index (χ4n) is 3.79. The van der Waals surface area contributed by atoms with Crippen LogP contribution in [0.2, 0.25) is 0 Å². The molecule has 0 spiro atoms. The van der Waals surface area contributed by atoms with Crippen molar-refractivity contribution in [2.45, 2.75) is 37.9 Å². The lowest BCUT2D eigenvalue weighted by Gasteiger charge is -2.30. The molecule has 8 heteroatoms. The maximum absolute atomic E-state index is 12.8. The normalized spacial score (nSPS) is 15.1. The Labute approximate surface area is 200 Å². The monoisotopic (exact) mass is 480 g/mol. The number of aryl methyl sites for hydroxylation is 1. The molecule has 0 saturated carbocycles. The third-order valence-corrected chi connectivity index (χ3v) is 7.78. The number of rotatable bonds is 8. The summed E-state index contributed by atoms with van der Waals surface area (Å²) in [4.78, 5) is 17.0. The van der Waals surface area contributed by atoms with Gasteiger partial charge in [-0.1, -0.05) is 35.9 Å². The first kappa shape index (κ1) is 23.9. The molecule has 0 atom stereocenters. The van der Waals surface area contributed by atoms with E-state index in [4.69, 9.17) is 9.47 Å². The first-order valence-corrected chi connectivity index (χ1v) is 12.7. The van der Waals surface area contributed by atoms with Gasteiger partial charge in [-0.05, 0) is 61.7 Å². The summed E-state index contributed by atoms with van der Waals surface area (Å²) in [6, 6.07) is 19.9. The molecule has 3 aromatic rings. The van der Waals surface area contributed by atoms with Gasteiger partial charge in [-0.15, -0.1) is 0 Å². The van der Waals surface area contributed by atoms with Crippen LogP contribution >= 0.6 is 0 Å². The summed E-state index contributed by atoms with van der Waals surface area (Å²) in [7, 11) is -3.54. The van der Waals surface area contributed by atoms with Gasteiger partial charge in [-0.3, -0.25) is 9.78 Å². The topological polar surface area (TPSA) is 85.8 Å². The van der Waals surface area contributed by atoms with Gasteiger partial charge in [0.2, 0.25) is 10.0 Å². The van der Waals surface area contributed by atoms with Crippen molar-refractivity contribution in [1.29, 1.82) is 0 Å². The van der Waals surface area contributed by atoms with Crippen molar-refractivity contribution < 1.29 is 22.7 Å². The number of carbonyl (C=O) groups is 1. The summed E-state index contributed by atoms with van der Waals surface area (Å²) in [5, 5.41) is 0. The standard InChI is InChI=1S/C26H28N2O5S/c1-20-5-11-25(12-6-20)34(30,31)28-16-13-22(14-17-28)26(29)33-18-21-7-9-24(10-8-21)32-19-23-4-2-3-15-27-23/h2-12,15,22H,13-14,16-19H2,1H3. The minimum atomic E-state index is -3.54. The summed E-state index contributed by atoms with van der Waals surface area (Å²) in [5.41, 5.74) is 2.71. The zero-order valence-corrected chi connectivity index (χ0v) is 19.9. The van der Waals surface area contributed by atoms with Crippen LogP contribution in [0.4, 0.5) is 0 Å². The molecule has 0 amide bonds. The average molecular weight is 481 g/mol. The molecular formula is C26H28N2O5S. The number of hydrogen-bond donors (Lipinski definition) is 0. The molecular weight excluding hydrogens is 452 g/mol. The predicted octanol–water partition coefficient (Wildman–Crippen LogP) is 4.11. The fourth-order valence-corrected chi connectivity index (χ4v) is 5.26. The van der Waals surface area contributed by atoms with E-state index in [2.05, 4.69) is 4.98 Å². The Morgan fingerprint density at radius 1 is 0.971 bits per heavy atom. The maximum Gasteiger partial charge on any atom is 0.309 e. The van der Waals surface area contributed by atoms with Crippen molar-refractivity contribution >= 4 is 16.0 Å². The van der Waals surface area contributed by atoms with E-state index in [1.807, 2.05) is 49.4 Å². The second-order valence-corrected chi connectivity index (χ2v) is 10.3. The van der Waals surface area contributed by atoms with Gasteiger partial charge in [0.15, 0.2) is 0 Å².